The number of alkyl halides is 6. The highest BCUT2D eigenvalue weighted by atomic mass is 19.4. The number of piperazine rings is 1. The van der Waals surface area contributed by atoms with Crippen LogP contribution in [0.15, 0.2) is 42.5 Å². The summed E-state index contributed by atoms with van der Waals surface area (Å²) in [5.74, 6) is -2.59. The van der Waals surface area contributed by atoms with Gasteiger partial charge in [0.05, 0.1) is 16.7 Å². The molecule has 1 aliphatic heterocycles. The summed E-state index contributed by atoms with van der Waals surface area (Å²) >= 11 is 0. The van der Waals surface area contributed by atoms with E-state index in [0.717, 1.165) is 18.2 Å². The molecule has 34 heavy (non-hydrogen) atoms. The van der Waals surface area contributed by atoms with Crippen LogP contribution in [0.3, 0.4) is 0 Å². The van der Waals surface area contributed by atoms with Gasteiger partial charge in [0, 0.05) is 37.1 Å². The number of aromatic amines is 1. The fourth-order valence-corrected chi connectivity index (χ4v) is 3.74. The first-order valence-corrected chi connectivity index (χ1v) is 10.00. The Kier molecular flexibility index (Phi) is 5.78. The molecule has 1 aromatic heterocycles. The second kappa shape index (κ2) is 8.33. The zero-order chi connectivity index (χ0) is 24.8. The molecule has 4 rings (SSSR count). The molecule has 1 fully saturated rings. The first-order chi connectivity index (χ1) is 15.8. The number of H-pyrrole nitrogens is 1. The van der Waals surface area contributed by atoms with Crippen molar-refractivity contribution in [2.45, 2.75) is 12.4 Å². The summed E-state index contributed by atoms with van der Waals surface area (Å²) in [4.78, 5) is 30.7. The predicted molar refractivity (Wildman–Crippen MR) is 107 cm³/mol. The van der Waals surface area contributed by atoms with E-state index in [4.69, 9.17) is 0 Å². The Balaban J connectivity index is 1.43. The highest BCUT2D eigenvalue weighted by Crippen LogP contribution is 2.32. The Morgan fingerprint density at radius 3 is 1.82 bits per heavy atom. The maximum atomic E-state index is 14.1. The van der Waals surface area contributed by atoms with Crippen molar-refractivity contribution >= 4 is 22.7 Å². The summed E-state index contributed by atoms with van der Waals surface area (Å²) in [6.07, 6.45) is -9.27. The molecule has 0 saturated carbocycles. The number of benzene rings is 2. The smallest absolute Gasteiger partial charge is 0.351 e. The standard InChI is InChI=1S/C22H16F7N3O2/c23-16-11-14(22(27,28)29)1-3-15(16)19(33)31-5-7-32(8-6-31)20(34)18-10-12-9-13(21(24,25)26)2-4-17(12)30-18/h1-4,9-11,30H,5-8H2. The van der Waals surface area contributed by atoms with Gasteiger partial charge in [-0.3, -0.25) is 9.59 Å². The molecule has 0 bridgehead atoms. The van der Waals surface area contributed by atoms with E-state index in [0.29, 0.717) is 11.6 Å². The molecule has 1 N–H and O–H groups in total. The number of nitrogens with one attached hydrogen (secondary N) is 1. The quantitative estimate of drug-likeness (QED) is 0.521. The first-order valence-electron chi connectivity index (χ1n) is 10.00. The lowest BCUT2D eigenvalue weighted by molar-refractivity contribution is -0.138. The fourth-order valence-electron chi connectivity index (χ4n) is 3.74. The van der Waals surface area contributed by atoms with Crippen LogP contribution in [-0.2, 0) is 12.4 Å². The van der Waals surface area contributed by atoms with Crippen molar-refractivity contribution in [2.24, 2.45) is 0 Å². The Bertz CT molecular complexity index is 1260. The van der Waals surface area contributed by atoms with E-state index in [1.54, 1.807) is 0 Å². The number of carbonyl (C=O) groups excluding carboxylic acids is 2. The molecule has 5 nitrogen and oxygen atoms in total. The number of hydrogen-bond donors (Lipinski definition) is 1. The van der Waals surface area contributed by atoms with Gasteiger partial charge in [-0.25, -0.2) is 4.39 Å². The summed E-state index contributed by atoms with van der Waals surface area (Å²) in [6, 6.07) is 6.02. The molecule has 2 aromatic carbocycles. The van der Waals surface area contributed by atoms with E-state index < -0.39 is 46.7 Å². The molecule has 3 aromatic rings. The Morgan fingerprint density at radius 2 is 1.26 bits per heavy atom. The van der Waals surface area contributed by atoms with E-state index in [1.165, 1.54) is 21.9 Å². The second-order valence-corrected chi connectivity index (χ2v) is 7.76. The van der Waals surface area contributed by atoms with Crippen molar-refractivity contribution < 1.29 is 40.3 Å². The van der Waals surface area contributed by atoms with Crippen molar-refractivity contribution in [2.75, 3.05) is 26.2 Å². The van der Waals surface area contributed by atoms with Crippen molar-refractivity contribution in [1.82, 2.24) is 14.8 Å². The van der Waals surface area contributed by atoms with Gasteiger partial charge in [-0.05, 0) is 42.5 Å². The molecule has 12 heteroatoms. The third kappa shape index (κ3) is 4.57. The summed E-state index contributed by atoms with van der Waals surface area (Å²) in [6.45, 7) is 0.110. The van der Waals surface area contributed by atoms with E-state index in [1.807, 2.05) is 0 Å². The topological polar surface area (TPSA) is 56.4 Å². The minimum atomic E-state index is -4.74. The number of aromatic nitrogens is 1. The van der Waals surface area contributed by atoms with Crippen LogP contribution >= 0.6 is 0 Å². The largest absolute Gasteiger partial charge is 0.416 e. The lowest BCUT2D eigenvalue weighted by atomic mass is 10.1. The molecular weight excluding hydrogens is 471 g/mol. The van der Waals surface area contributed by atoms with Crippen LogP contribution in [0.1, 0.15) is 32.0 Å². The van der Waals surface area contributed by atoms with Gasteiger partial charge < -0.3 is 14.8 Å². The van der Waals surface area contributed by atoms with Gasteiger partial charge in [0.15, 0.2) is 0 Å². The Labute approximate surface area is 187 Å². The van der Waals surface area contributed by atoms with E-state index >= 15 is 0 Å². The minimum absolute atomic E-state index is 0.00346. The molecule has 2 amide bonds. The minimum Gasteiger partial charge on any atom is -0.351 e. The van der Waals surface area contributed by atoms with Crippen LogP contribution in [0.2, 0.25) is 0 Å². The van der Waals surface area contributed by atoms with Gasteiger partial charge in [-0.2, -0.15) is 26.3 Å². The van der Waals surface area contributed by atoms with Crippen LogP contribution in [0.5, 0.6) is 0 Å². The van der Waals surface area contributed by atoms with Gasteiger partial charge in [-0.1, -0.05) is 0 Å². The molecule has 180 valence electrons. The molecule has 0 radical (unpaired) electrons. The van der Waals surface area contributed by atoms with E-state index in [9.17, 15) is 40.3 Å². The average molecular weight is 487 g/mol. The molecule has 0 spiro atoms. The van der Waals surface area contributed by atoms with Crippen LogP contribution in [0.25, 0.3) is 10.9 Å². The molecular formula is C22H16F7N3O2. The second-order valence-electron chi connectivity index (χ2n) is 7.76. The fraction of sp³-hybridized carbons (Fsp3) is 0.273. The van der Waals surface area contributed by atoms with Gasteiger partial charge in [-0.15, -0.1) is 0 Å². The van der Waals surface area contributed by atoms with Crippen molar-refractivity contribution in [1.29, 1.82) is 0 Å². The highest BCUT2D eigenvalue weighted by molar-refractivity contribution is 5.98. The zero-order valence-corrected chi connectivity index (χ0v) is 17.2. The monoisotopic (exact) mass is 487 g/mol. The predicted octanol–water partition coefficient (Wildman–Crippen LogP) is 4.94. The van der Waals surface area contributed by atoms with Gasteiger partial charge in [0.2, 0.25) is 0 Å². The number of halogens is 7. The number of nitrogens with zero attached hydrogens (tertiary/aromatic N) is 2. The molecule has 2 heterocycles. The van der Waals surface area contributed by atoms with Crippen LogP contribution in [-0.4, -0.2) is 52.8 Å². The molecule has 0 unspecified atom stereocenters. The van der Waals surface area contributed by atoms with Gasteiger partial charge in [0.1, 0.15) is 11.5 Å². The molecule has 1 aliphatic rings. The summed E-state index contributed by atoms with van der Waals surface area (Å²) < 4.78 is 90.9. The maximum Gasteiger partial charge on any atom is 0.416 e. The lowest BCUT2D eigenvalue weighted by Gasteiger charge is -2.34. The zero-order valence-electron chi connectivity index (χ0n) is 17.2. The summed E-state index contributed by atoms with van der Waals surface area (Å²) in [5, 5.41) is 0.213. The average Bonchev–Trinajstić information content (AvgIpc) is 3.20. The van der Waals surface area contributed by atoms with Crippen LogP contribution < -0.4 is 0 Å². The van der Waals surface area contributed by atoms with Crippen LogP contribution in [0, 0.1) is 5.82 Å². The van der Waals surface area contributed by atoms with E-state index in [-0.39, 0.29) is 43.3 Å². The summed E-state index contributed by atoms with van der Waals surface area (Å²) in [5.41, 5.74) is -2.15. The van der Waals surface area contributed by atoms with Crippen molar-refractivity contribution in [3.05, 3.63) is 70.7 Å². The normalized spacial score (nSPS) is 15.1. The number of carbonyl (C=O) groups is 2. The SMILES string of the molecule is O=C(c1cc2cc(C(F)(F)F)ccc2[nH]1)N1CCN(C(=O)c2ccc(C(F)(F)F)cc2F)CC1. The third-order valence-corrected chi connectivity index (χ3v) is 5.56. The molecule has 1 saturated heterocycles. The number of rotatable bonds is 2. The van der Waals surface area contributed by atoms with Crippen molar-refractivity contribution in [3.63, 3.8) is 0 Å². The van der Waals surface area contributed by atoms with Crippen LogP contribution in [0.4, 0.5) is 30.7 Å². The summed E-state index contributed by atoms with van der Waals surface area (Å²) in [7, 11) is 0. The third-order valence-electron chi connectivity index (χ3n) is 5.56. The Morgan fingerprint density at radius 1 is 0.735 bits per heavy atom. The van der Waals surface area contributed by atoms with Crippen molar-refractivity contribution in [3.8, 4) is 0 Å². The first kappa shape index (κ1) is 23.6. The number of hydrogen-bond acceptors (Lipinski definition) is 2. The highest BCUT2D eigenvalue weighted by Gasteiger charge is 2.33. The molecule has 0 aliphatic carbocycles. The van der Waals surface area contributed by atoms with Gasteiger partial charge in [0.25, 0.3) is 11.8 Å². The molecule has 0 atom stereocenters. The Hall–Kier alpha value is -3.57. The van der Waals surface area contributed by atoms with Gasteiger partial charge >= 0.3 is 12.4 Å². The number of fused-ring (bicyclic) bond motifs is 1. The lowest BCUT2D eigenvalue weighted by Crippen LogP contribution is -2.50. The maximum absolute atomic E-state index is 14.1. The number of amides is 2. The van der Waals surface area contributed by atoms with E-state index in [2.05, 4.69) is 4.98 Å².